The number of anilines is 2. The van der Waals surface area contributed by atoms with E-state index in [0.717, 1.165) is 0 Å². The van der Waals surface area contributed by atoms with Gasteiger partial charge in [0.15, 0.2) is 0 Å². The maximum atomic E-state index is 12.4. The summed E-state index contributed by atoms with van der Waals surface area (Å²) in [5.41, 5.74) is 1.35. The lowest BCUT2D eigenvalue weighted by Crippen LogP contribution is -2.25. The van der Waals surface area contributed by atoms with E-state index in [0.29, 0.717) is 21.4 Å². The van der Waals surface area contributed by atoms with Crippen LogP contribution in [0.25, 0.3) is 0 Å². The first-order valence-corrected chi connectivity index (χ1v) is 8.01. The second-order valence-electron chi connectivity index (χ2n) is 5.11. The predicted molar refractivity (Wildman–Crippen MR) is 96.2 cm³/mol. The molecule has 0 bridgehead atoms. The third-order valence-electron chi connectivity index (χ3n) is 3.34. The van der Waals surface area contributed by atoms with Gasteiger partial charge in [-0.2, -0.15) is 0 Å². The summed E-state index contributed by atoms with van der Waals surface area (Å²) in [5.74, 6) is -0.908. The normalized spacial score (nSPS) is 10.3. The molecule has 4 N–H and O–H groups in total. The molecule has 0 radical (unpaired) electrons. The Labute approximate surface area is 153 Å². The Morgan fingerprint density at radius 3 is 1.80 bits per heavy atom. The van der Waals surface area contributed by atoms with Gasteiger partial charge in [-0.15, -0.1) is 0 Å². The Balaban J connectivity index is 1.74. The van der Waals surface area contributed by atoms with Crippen LogP contribution >= 0.6 is 23.2 Å². The molecular formula is C17H13Cl2N4O2+. The van der Waals surface area contributed by atoms with E-state index in [1.54, 1.807) is 48.5 Å². The van der Waals surface area contributed by atoms with Gasteiger partial charge in [-0.25, -0.2) is 9.97 Å². The van der Waals surface area contributed by atoms with Crippen molar-refractivity contribution in [3.8, 4) is 0 Å². The fourth-order valence-electron chi connectivity index (χ4n) is 2.14. The van der Waals surface area contributed by atoms with E-state index in [9.17, 15) is 9.59 Å². The molecule has 0 aliphatic heterocycles. The van der Waals surface area contributed by atoms with Crippen molar-refractivity contribution in [2.75, 3.05) is 10.6 Å². The van der Waals surface area contributed by atoms with Gasteiger partial charge >= 0.3 is 0 Å². The van der Waals surface area contributed by atoms with Crippen LogP contribution < -0.4 is 15.6 Å². The quantitative estimate of drug-likeness (QED) is 0.649. The fourth-order valence-corrected chi connectivity index (χ4v) is 2.39. The molecule has 0 aliphatic rings. The number of carbonyl (C=O) groups excluding carboxylic acids is 2. The highest BCUT2D eigenvalue weighted by molar-refractivity contribution is 6.31. The van der Waals surface area contributed by atoms with Gasteiger partial charge in [0.2, 0.25) is 17.7 Å². The smallest absolute Gasteiger partial charge is 0.300 e. The molecule has 0 unspecified atom stereocenters. The molecule has 0 saturated carbocycles. The van der Waals surface area contributed by atoms with E-state index < -0.39 is 11.8 Å². The number of imidazole rings is 1. The van der Waals surface area contributed by atoms with E-state index in [4.69, 9.17) is 23.2 Å². The summed E-state index contributed by atoms with van der Waals surface area (Å²) in [6, 6.07) is 13.3. The number of aromatic amines is 2. The lowest BCUT2D eigenvalue weighted by atomic mass is 10.2. The van der Waals surface area contributed by atoms with Gasteiger partial charge in [-0.3, -0.25) is 9.59 Å². The van der Waals surface area contributed by atoms with Crippen molar-refractivity contribution >= 4 is 46.4 Å². The van der Waals surface area contributed by atoms with E-state index >= 15 is 0 Å². The van der Waals surface area contributed by atoms with Crippen molar-refractivity contribution in [3.63, 3.8) is 0 Å². The molecule has 0 spiro atoms. The molecule has 0 atom stereocenters. The van der Waals surface area contributed by atoms with Crippen molar-refractivity contribution in [2.45, 2.75) is 0 Å². The number of benzene rings is 2. The van der Waals surface area contributed by atoms with E-state index in [1.165, 1.54) is 6.33 Å². The van der Waals surface area contributed by atoms with Crippen LogP contribution in [0.3, 0.4) is 0 Å². The fraction of sp³-hybridized carbons (Fsp3) is 0. The van der Waals surface area contributed by atoms with Crippen molar-refractivity contribution < 1.29 is 14.6 Å². The Hall–Kier alpha value is -2.83. The van der Waals surface area contributed by atoms with Crippen LogP contribution in [-0.2, 0) is 0 Å². The third kappa shape index (κ3) is 4.17. The van der Waals surface area contributed by atoms with Gasteiger partial charge in [0, 0.05) is 21.4 Å². The Kier molecular flexibility index (Phi) is 5.02. The molecule has 2 aromatic carbocycles. The zero-order valence-electron chi connectivity index (χ0n) is 12.8. The van der Waals surface area contributed by atoms with Crippen LogP contribution in [0.4, 0.5) is 11.4 Å². The van der Waals surface area contributed by atoms with Crippen molar-refractivity contribution in [1.82, 2.24) is 4.98 Å². The maximum absolute atomic E-state index is 12.4. The van der Waals surface area contributed by atoms with Crippen LogP contribution in [0.15, 0.2) is 54.9 Å². The number of carbonyl (C=O) groups is 2. The summed E-state index contributed by atoms with van der Waals surface area (Å²) in [6.45, 7) is 0. The molecule has 126 valence electrons. The predicted octanol–water partition coefficient (Wildman–Crippen LogP) is 3.64. The van der Waals surface area contributed by atoms with Crippen molar-refractivity contribution in [1.29, 1.82) is 0 Å². The minimum absolute atomic E-state index is 0.112. The van der Waals surface area contributed by atoms with Crippen LogP contribution in [0.2, 0.25) is 10.0 Å². The number of aromatic nitrogens is 2. The molecule has 1 aromatic heterocycles. The zero-order valence-corrected chi connectivity index (χ0v) is 14.3. The second kappa shape index (κ2) is 7.38. The largest absolute Gasteiger partial charge is 0.319 e. The standard InChI is InChI=1S/C17H12Cl2N4O2/c18-10-1-5-12(6-2-10)22-16(24)14-15(21-9-20-14)17(25)23-13-7-3-11(19)4-8-13/h1-9H,(H,20,21)(H,22,24)(H,23,25)/p+1. The van der Waals surface area contributed by atoms with Gasteiger partial charge in [0.25, 0.3) is 11.8 Å². The van der Waals surface area contributed by atoms with Crippen LogP contribution in [0, 0.1) is 0 Å². The third-order valence-corrected chi connectivity index (χ3v) is 3.85. The summed E-state index contributed by atoms with van der Waals surface area (Å²) in [4.78, 5) is 30.3. The Morgan fingerprint density at radius 2 is 1.28 bits per heavy atom. The highest BCUT2D eigenvalue weighted by atomic mass is 35.5. The Morgan fingerprint density at radius 1 is 0.800 bits per heavy atom. The molecule has 8 heteroatoms. The van der Waals surface area contributed by atoms with E-state index in [1.807, 2.05) is 0 Å². The lowest BCUT2D eigenvalue weighted by molar-refractivity contribution is -0.379. The Bertz CT molecular complexity index is 831. The molecule has 3 aromatic rings. The SMILES string of the molecule is O=C(Nc1ccc(Cl)cc1)c1[nH]c[nH+]c1C(=O)Nc1ccc(Cl)cc1. The van der Waals surface area contributed by atoms with E-state index in [2.05, 4.69) is 20.6 Å². The molecule has 25 heavy (non-hydrogen) atoms. The molecule has 0 saturated heterocycles. The maximum Gasteiger partial charge on any atom is 0.300 e. The summed E-state index contributed by atoms with van der Waals surface area (Å²) in [7, 11) is 0. The first-order valence-electron chi connectivity index (χ1n) is 7.26. The molecule has 2 amide bonds. The zero-order chi connectivity index (χ0) is 17.8. The number of amides is 2. The van der Waals surface area contributed by atoms with Gasteiger partial charge in [-0.05, 0) is 48.5 Å². The number of H-pyrrole nitrogens is 2. The minimum Gasteiger partial charge on any atom is -0.319 e. The second-order valence-corrected chi connectivity index (χ2v) is 5.98. The molecule has 0 aliphatic carbocycles. The van der Waals surface area contributed by atoms with Gasteiger partial charge in [-0.1, -0.05) is 23.2 Å². The minimum atomic E-state index is -0.454. The lowest BCUT2D eigenvalue weighted by Gasteiger charge is -2.04. The van der Waals surface area contributed by atoms with Crippen LogP contribution in [-0.4, -0.2) is 16.8 Å². The molecule has 1 heterocycles. The summed E-state index contributed by atoms with van der Waals surface area (Å²) >= 11 is 11.6. The highest BCUT2D eigenvalue weighted by Gasteiger charge is 2.26. The van der Waals surface area contributed by atoms with E-state index in [-0.39, 0.29) is 11.4 Å². The number of hydrogen-bond donors (Lipinski definition) is 3. The van der Waals surface area contributed by atoms with Crippen LogP contribution in [0.1, 0.15) is 21.0 Å². The molecule has 3 rings (SSSR count). The average molecular weight is 376 g/mol. The first-order chi connectivity index (χ1) is 12.0. The molecule has 6 nitrogen and oxygen atoms in total. The topological polar surface area (TPSA) is 88.1 Å². The van der Waals surface area contributed by atoms with Crippen molar-refractivity contribution in [3.05, 3.63) is 76.3 Å². The van der Waals surface area contributed by atoms with Gasteiger partial charge in [0.1, 0.15) is 0 Å². The van der Waals surface area contributed by atoms with Gasteiger partial charge < -0.3 is 10.6 Å². The molecule has 0 fully saturated rings. The summed E-state index contributed by atoms with van der Waals surface area (Å²) in [6.07, 6.45) is 1.41. The van der Waals surface area contributed by atoms with Crippen LogP contribution in [0.5, 0.6) is 0 Å². The first kappa shape index (κ1) is 17.0. The number of hydrogen-bond acceptors (Lipinski definition) is 2. The summed E-state index contributed by atoms with van der Waals surface area (Å²) < 4.78 is 0. The number of rotatable bonds is 4. The molecular weight excluding hydrogens is 363 g/mol. The monoisotopic (exact) mass is 375 g/mol. The number of nitrogens with one attached hydrogen (secondary N) is 4. The van der Waals surface area contributed by atoms with Gasteiger partial charge in [0.05, 0.1) is 0 Å². The highest BCUT2D eigenvalue weighted by Crippen LogP contribution is 2.16. The van der Waals surface area contributed by atoms with Crippen molar-refractivity contribution in [2.24, 2.45) is 0 Å². The number of halogens is 2. The average Bonchev–Trinajstić information content (AvgIpc) is 3.09. The summed E-state index contributed by atoms with van der Waals surface area (Å²) in [5, 5.41) is 6.51.